The van der Waals surface area contributed by atoms with Crippen molar-refractivity contribution in [3.05, 3.63) is 30.1 Å². The standard InChI is InChI=1S/C15H27N3O/c1-3-15(19,13-16)8-4-11-18(2)12-7-14-5-9-17-10-6-14/h5-6,9-10,19H,3-4,7-8,11-13,16H2,1-2H3. The molecule has 4 nitrogen and oxygen atoms in total. The van der Waals surface area contributed by atoms with Crippen molar-refractivity contribution in [2.45, 2.75) is 38.2 Å². The molecule has 1 aromatic heterocycles. The Morgan fingerprint density at radius 1 is 1.32 bits per heavy atom. The highest BCUT2D eigenvalue weighted by atomic mass is 16.3. The fourth-order valence-corrected chi connectivity index (χ4v) is 2.08. The van der Waals surface area contributed by atoms with Crippen LogP contribution in [0.25, 0.3) is 0 Å². The van der Waals surface area contributed by atoms with E-state index < -0.39 is 5.60 Å². The third-order valence-electron chi connectivity index (χ3n) is 3.75. The van der Waals surface area contributed by atoms with Crippen molar-refractivity contribution in [2.24, 2.45) is 5.73 Å². The summed E-state index contributed by atoms with van der Waals surface area (Å²) in [5.41, 5.74) is 6.24. The molecular weight excluding hydrogens is 238 g/mol. The van der Waals surface area contributed by atoms with Crippen LogP contribution < -0.4 is 5.73 Å². The fraction of sp³-hybridized carbons (Fsp3) is 0.667. The number of pyridine rings is 1. The molecule has 1 heterocycles. The van der Waals surface area contributed by atoms with Gasteiger partial charge in [0.05, 0.1) is 5.60 Å². The predicted molar refractivity (Wildman–Crippen MR) is 79.0 cm³/mol. The molecule has 0 saturated heterocycles. The number of nitrogens with zero attached hydrogens (tertiary/aromatic N) is 2. The summed E-state index contributed by atoms with van der Waals surface area (Å²) in [6, 6.07) is 4.11. The Labute approximate surface area is 116 Å². The highest BCUT2D eigenvalue weighted by molar-refractivity contribution is 5.09. The number of hydrogen-bond acceptors (Lipinski definition) is 4. The molecule has 0 aromatic carbocycles. The van der Waals surface area contributed by atoms with E-state index in [9.17, 15) is 5.11 Å². The lowest BCUT2D eigenvalue weighted by Gasteiger charge is -2.26. The average molecular weight is 265 g/mol. The van der Waals surface area contributed by atoms with Gasteiger partial charge in [-0.15, -0.1) is 0 Å². The summed E-state index contributed by atoms with van der Waals surface area (Å²) in [5.74, 6) is 0. The van der Waals surface area contributed by atoms with Crippen molar-refractivity contribution >= 4 is 0 Å². The van der Waals surface area contributed by atoms with E-state index in [1.54, 1.807) is 0 Å². The van der Waals surface area contributed by atoms with Crippen LogP contribution in [0.5, 0.6) is 0 Å². The average Bonchev–Trinajstić information content (AvgIpc) is 2.46. The molecule has 19 heavy (non-hydrogen) atoms. The topological polar surface area (TPSA) is 62.4 Å². The maximum atomic E-state index is 10.1. The molecule has 0 amide bonds. The van der Waals surface area contributed by atoms with Gasteiger partial charge < -0.3 is 15.7 Å². The van der Waals surface area contributed by atoms with Crippen LogP contribution in [0.15, 0.2) is 24.5 Å². The second kappa shape index (κ2) is 8.25. The van der Waals surface area contributed by atoms with Crippen molar-refractivity contribution in [3.63, 3.8) is 0 Å². The maximum absolute atomic E-state index is 10.1. The minimum Gasteiger partial charge on any atom is -0.389 e. The highest BCUT2D eigenvalue weighted by Crippen LogP contribution is 2.15. The van der Waals surface area contributed by atoms with Gasteiger partial charge in [-0.25, -0.2) is 0 Å². The van der Waals surface area contributed by atoms with Gasteiger partial charge in [0.1, 0.15) is 0 Å². The number of aromatic nitrogens is 1. The minimum atomic E-state index is -0.675. The number of hydrogen-bond donors (Lipinski definition) is 2. The van der Waals surface area contributed by atoms with Crippen molar-refractivity contribution in [2.75, 3.05) is 26.7 Å². The fourth-order valence-electron chi connectivity index (χ4n) is 2.08. The Balaban J connectivity index is 2.20. The summed E-state index contributed by atoms with van der Waals surface area (Å²) in [7, 11) is 2.12. The van der Waals surface area contributed by atoms with Crippen LogP contribution >= 0.6 is 0 Å². The second-order valence-electron chi connectivity index (χ2n) is 5.29. The highest BCUT2D eigenvalue weighted by Gasteiger charge is 2.21. The van der Waals surface area contributed by atoms with Crippen molar-refractivity contribution in [3.8, 4) is 0 Å². The van der Waals surface area contributed by atoms with Crippen molar-refractivity contribution in [1.82, 2.24) is 9.88 Å². The molecule has 0 bridgehead atoms. The summed E-state index contributed by atoms with van der Waals surface area (Å²) in [4.78, 5) is 6.31. The van der Waals surface area contributed by atoms with Gasteiger partial charge in [-0.1, -0.05) is 6.92 Å². The van der Waals surface area contributed by atoms with Crippen molar-refractivity contribution < 1.29 is 5.11 Å². The molecular formula is C15H27N3O. The van der Waals surface area contributed by atoms with Gasteiger partial charge in [0.2, 0.25) is 0 Å². The van der Waals surface area contributed by atoms with Gasteiger partial charge in [-0.05, 0) is 57.0 Å². The molecule has 0 spiro atoms. The van der Waals surface area contributed by atoms with Crippen LogP contribution in [0.4, 0.5) is 0 Å². The molecule has 0 saturated carbocycles. The SMILES string of the molecule is CCC(O)(CN)CCCN(C)CCc1ccncc1. The summed E-state index contributed by atoms with van der Waals surface area (Å²) < 4.78 is 0. The Morgan fingerprint density at radius 2 is 2.00 bits per heavy atom. The molecule has 0 aliphatic heterocycles. The zero-order valence-electron chi connectivity index (χ0n) is 12.2. The molecule has 1 unspecified atom stereocenters. The molecule has 3 N–H and O–H groups in total. The van der Waals surface area contributed by atoms with E-state index in [0.717, 1.165) is 38.8 Å². The quantitative estimate of drug-likeness (QED) is 0.709. The summed E-state index contributed by atoms with van der Waals surface area (Å²) >= 11 is 0. The smallest absolute Gasteiger partial charge is 0.0767 e. The minimum absolute atomic E-state index is 0.351. The molecule has 4 heteroatoms. The Morgan fingerprint density at radius 3 is 2.58 bits per heavy atom. The first kappa shape index (κ1) is 16.1. The number of likely N-dealkylation sites (N-methyl/N-ethyl adjacent to an activating group) is 1. The number of nitrogens with two attached hydrogens (primary N) is 1. The zero-order valence-corrected chi connectivity index (χ0v) is 12.2. The van der Waals surface area contributed by atoms with E-state index >= 15 is 0 Å². The molecule has 1 rings (SSSR count). The first-order valence-electron chi connectivity index (χ1n) is 7.09. The van der Waals surface area contributed by atoms with E-state index in [4.69, 9.17) is 5.73 Å². The molecule has 0 aliphatic carbocycles. The van der Waals surface area contributed by atoms with E-state index in [1.807, 2.05) is 19.3 Å². The third kappa shape index (κ3) is 6.14. The van der Waals surface area contributed by atoms with Gasteiger partial charge in [-0.3, -0.25) is 4.98 Å². The van der Waals surface area contributed by atoms with Gasteiger partial charge in [0.25, 0.3) is 0 Å². The van der Waals surface area contributed by atoms with E-state index in [1.165, 1.54) is 5.56 Å². The summed E-state index contributed by atoms with van der Waals surface area (Å²) in [6.07, 6.45) is 7.18. The van der Waals surface area contributed by atoms with Gasteiger partial charge in [0.15, 0.2) is 0 Å². The molecule has 0 aliphatic rings. The first-order chi connectivity index (χ1) is 9.09. The Hall–Kier alpha value is -0.970. The van der Waals surface area contributed by atoms with Crippen LogP contribution in [0.2, 0.25) is 0 Å². The zero-order chi connectivity index (χ0) is 14.1. The molecule has 1 atom stereocenters. The van der Waals surface area contributed by atoms with E-state index in [-0.39, 0.29) is 0 Å². The van der Waals surface area contributed by atoms with Gasteiger partial charge >= 0.3 is 0 Å². The van der Waals surface area contributed by atoms with Crippen LogP contribution in [0.1, 0.15) is 31.7 Å². The summed E-state index contributed by atoms with van der Waals surface area (Å²) in [5, 5.41) is 10.1. The first-order valence-corrected chi connectivity index (χ1v) is 7.09. The van der Waals surface area contributed by atoms with Crippen LogP contribution in [-0.2, 0) is 6.42 Å². The third-order valence-corrected chi connectivity index (χ3v) is 3.75. The molecule has 0 fully saturated rings. The van der Waals surface area contributed by atoms with Crippen LogP contribution in [0.3, 0.4) is 0 Å². The number of aliphatic hydroxyl groups is 1. The van der Waals surface area contributed by atoms with Gasteiger partial charge in [-0.2, -0.15) is 0 Å². The molecule has 1 aromatic rings. The van der Waals surface area contributed by atoms with Crippen molar-refractivity contribution in [1.29, 1.82) is 0 Å². The van der Waals surface area contributed by atoms with Gasteiger partial charge in [0, 0.05) is 25.5 Å². The largest absolute Gasteiger partial charge is 0.389 e. The Bertz CT molecular complexity index is 339. The second-order valence-corrected chi connectivity index (χ2v) is 5.29. The maximum Gasteiger partial charge on any atom is 0.0767 e. The van der Waals surface area contributed by atoms with Crippen LogP contribution in [-0.4, -0.2) is 47.3 Å². The predicted octanol–water partition coefficient (Wildman–Crippen LogP) is 1.44. The normalized spacial score (nSPS) is 14.6. The lowest BCUT2D eigenvalue weighted by Crippen LogP contribution is -2.37. The summed E-state index contributed by atoms with van der Waals surface area (Å²) in [6.45, 7) is 4.36. The lowest BCUT2D eigenvalue weighted by molar-refractivity contribution is 0.0323. The lowest BCUT2D eigenvalue weighted by atomic mass is 9.95. The number of rotatable bonds is 9. The Kier molecular flexibility index (Phi) is 6.99. The van der Waals surface area contributed by atoms with Crippen LogP contribution in [0, 0.1) is 0 Å². The monoisotopic (exact) mass is 265 g/mol. The van der Waals surface area contributed by atoms with E-state index in [2.05, 4.69) is 29.1 Å². The molecule has 108 valence electrons. The van der Waals surface area contributed by atoms with E-state index in [0.29, 0.717) is 6.54 Å². The molecule has 0 radical (unpaired) electrons.